The molecule has 1 aliphatic heterocycles. The van der Waals surface area contributed by atoms with Gasteiger partial charge in [0.05, 0.1) is 18.4 Å². The summed E-state index contributed by atoms with van der Waals surface area (Å²) in [6.07, 6.45) is 11.7. The van der Waals surface area contributed by atoms with Gasteiger partial charge in [0.25, 0.3) is 0 Å². The second-order valence-corrected chi connectivity index (χ2v) is 10.2. The summed E-state index contributed by atoms with van der Waals surface area (Å²) in [5.74, 6) is 3.89. The summed E-state index contributed by atoms with van der Waals surface area (Å²) in [7, 11) is 0. The van der Waals surface area contributed by atoms with Gasteiger partial charge in [0.1, 0.15) is 17.3 Å². The fourth-order valence-electron chi connectivity index (χ4n) is 5.27. The summed E-state index contributed by atoms with van der Waals surface area (Å²) in [6, 6.07) is 8.56. The molecule has 4 aromatic rings. The number of nitrogens with zero attached hydrogens (tertiary/aromatic N) is 5. The first-order valence-corrected chi connectivity index (χ1v) is 12.9. The number of pyridine rings is 1. The standard InChI is InChI=1S/C26H32N8/c1-2-22(19-6-7-19)33-16-20(31-24(33)3-1)14-29-25-12-23(28-13-17-8-10-27-11-9-17)32-26-21(18-4-5-18)15-30-34(25)26/h1-3,12,15-19,27,29H,4-11,13-14H2,(H,28,32). The lowest BCUT2D eigenvalue weighted by molar-refractivity contribution is 0.389. The summed E-state index contributed by atoms with van der Waals surface area (Å²) in [5, 5.41) is 15.4. The van der Waals surface area contributed by atoms with E-state index in [1.807, 2.05) is 10.7 Å². The molecule has 3 aliphatic rings. The molecule has 0 spiro atoms. The van der Waals surface area contributed by atoms with Crippen LogP contribution in [0, 0.1) is 5.92 Å². The Balaban J connectivity index is 1.16. The van der Waals surface area contributed by atoms with E-state index >= 15 is 0 Å². The van der Waals surface area contributed by atoms with Crippen LogP contribution in [-0.2, 0) is 6.54 Å². The number of rotatable bonds is 8. The number of nitrogens with one attached hydrogen (secondary N) is 3. The first-order chi connectivity index (χ1) is 16.8. The van der Waals surface area contributed by atoms with Gasteiger partial charge in [-0.25, -0.2) is 9.97 Å². The Bertz CT molecular complexity index is 1320. The van der Waals surface area contributed by atoms with E-state index in [0.717, 1.165) is 48.3 Å². The molecule has 0 aromatic carbocycles. The van der Waals surface area contributed by atoms with Crippen LogP contribution in [-0.4, -0.2) is 43.6 Å². The van der Waals surface area contributed by atoms with Gasteiger partial charge in [-0.1, -0.05) is 6.07 Å². The van der Waals surface area contributed by atoms with Gasteiger partial charge < -0.3 is 20.4 Å². The molecular formula is C26H32N8. The molecule has 8 nitrogen and oxygen atoms in total. The van der Waals surface area contributed by atoms with Gasteiger partial charge in [-0.3, -0.25) is 0 Å². The minimum atomic E-state index is 0.608. The topological polar surface area (TPSA) is 83.6 Å². The summed E-state index contributed by atoms with van der Waals surface area (Å²) in [5.41, 5.74) is 5.70. The van der Waals surface area contributed by atoms with Crippen LogP contribution in [0.3, 0.4) is 0 Å². The van der Waals surface area contributed by atoms with Crippen molar-refractivity contribution in [3.05, 3.63) is 53.6 Å². The van der Waals surface area contributed by atoms with Crippen molar-refractivity contribution in [1.29, 1.82) is 0 Å². The van der Waals surface area contributed by atoms with Crippen molar-refractivity contribution >= 4 is 22.9 Å². The van der Waals surface area contributed by atoms with Gasteiger partial charge in [-0.2, -0.15) is 9.61 Å². The second-order valence-electron chi connectivity index (χ2n) is 10.2. The monoisotopic (exact) mass is 456 g/mol. The van der Waals surface area contributed by atoms with Gasteiger partial charge in [-0.05, 0) is 81.5 Å². The zero-order chi connectivity index (χ0) is 22.5. The molecule has 0 bridgehead atoms. The number of anilines is 2. The van der Waals surface area contributed by atoms with Crippen LogP contribution in [0.4, 0.5) is 11.6 Å². The van der Waals surface area contributed by atoms with Crippen LogP contribution in [0.2, 0.25) is 0 Å². The Hall–Kier alpha value is -3.13. The van der Waals surface area contributed by atoms with E-state index in [1.165, 1.54) is 49.8 Å². The molecule has 7 rings (SSSR count). The van der Waals surface area contributed by atoms with E-state index < -0.39 is 0 Å². The maximum atomic E-state index is 4.98. The molecule has 5 heterocycles. The third-order valence-corrected chi connectivity index (χ3v) is 7.57. The molecule has 2 saturated carbocycles. The van der Waals surface area contributed by atoms with Gasteiger partial charge in [0.15, 0.2) is 5.65 Å². The van der Waals surface area contributed by atoms with E-state index in [2.05, 4.69) is 50.8 Å². The predicted octanol–water partition coefficient (Wildman–Crippen LogP) is 4.16. The number of aromatic nitrogens is 5. The number of piperidine rings is 1. The smallest absolute Gasteiger partial charge is 0.163 e. The zero-order valence-electron chi connectivity index (χ0n) is 19.5. The highest BCUT2D eigenvalue weighted by Gasteiger charge is 2.29. The quantitative estimate of drug-likeness (QED) is 0.369. The minimum Gasteiger partial charge on any atom is -0.370 e. The van der Waals surface area contributed by atoms with Crippen LogP contribution in [0.1, 0.15) is 67.3 Å². The lowest BCUT2D eigenvalue weighted by Crippen LogP contribution is -2.31. The van der Waals surface area contributed by atoms with Crippen molar-refractivity contribution in [2.24, 2.45) is 5.92 Å². The molecule has 2 aliphatic carbocycles. The van der Waals surface area contributed by atoms with E-state index in [1.54, 1.807) is 0 Å². The zero-order valence-corrected chi connectivity index (χ0v) is 19.5. The van der Waals surface area contributed by atoms with E-state index in [-0.39, 0.29) is 0 Å². The molecule has 3 N–H and O–H groups in total. The van der Waals surface area contributed by atoms with Crippen LogP contribution < -0.4 is 16.0 Å². The Morgan fingerprint density at radius 3 is 2.65 bits per heavy atom. The van der Waals surface area contributed by atoms with Crippen molar-refractivity contribution in [3.8, 4) is 0 Å². The highest BCUT2D eigenvalue weighted by Crippen LogP contribution is 2.42. The third-order valence-electron chi connectivity index (χ3n) is 7.57. The van der Waals surface area contributed by atoms with E-state index in [9.17, 15) is 0 Å². The van der Waals surface area contributed by atoms with Crippen LogP contribution in [0.5, 0.6) is 0 Å². The van der Waals surface area contributed by atoms with Gasteiger partial charge in [-0.15, -0.1) is 0 Å². The molecule has 0 unspecified atom stereocenters. The molecule has 0 amide bonds. The highest BCUT2D eigenvalue weighted by atomic mass is 15.3. The normalized spacial score (nSPS) is 19.2. The molecule has 1 saturated heterocycles. The summed E-state index contributed by atoms with van der Waals surface area (Å²) in [6.45, 7) is 3.84. The van der Waals surface area contributed by atoms with Crippen LogP contribution in [0.25, 0.3) is 11.3 Å². The van der Waals surface area contributed by atoms with Crippen molar-refractivity contribution in [2.75, 3.05) is 30.3 Å². The maximum absolute atomic E-state index is 4.98. The minimum absolute atomic E-state index is 0.608. The van der Waals surface area contributed by atoms with Gasteiger partial charge >= 0.3 is 0 Å². The summed E-state index contributed by atoms with van der Waals surface area (Å²) in [4.78, 5) is 9.86. The van der Waals surface area contributed by atoms with Gasteiger partial charge in [0, 0.05) is 30.1 Å². The Morgan fingerprint density at radius 2 is 1.82 bits per heavy atom. The van der Waals surface area contributed by atoms with Crippen molar-refractivity contribution in [1.82, 2.24) is 29.3 Å². The fourth-order valence-corrected chi connectivity index (χ4v) is 5.27. The predicted molar refractivity (Wildman–Crippen MR) is 134 cm³/mol. The Kier molecular flexibility index (Phi) is 4.93. The lowest BCUT2D eigenvalue weighted by Gasteiger charge is -2.23. The molecule has 34 heavy (non-hydrogen) atoms. The number of hydrogen-bond acceptors (Lipinski definition) is 6. The molecule has 176 valence electrons. The van der Waals surface area contributed by atoms with Crippen molar-refractivity contribution in [2.45, 2.75) is 56.9 Å². The summed E-state index contributed by atoms with van der Waals surface area (Å²) < 4.78 is 4.23. The lowest BCUT2D eigenvalue weighted by atomic mass is 9.98. The average molecular weight is 457 g/mol. The Labute approximate surface area is 199 Å². The molecule has 4 aromatic heterocycles. The molecular weight excluding hydrogens is 424 g/mol. The fraction of sp³-hybridized carbons (Fsp3) is 0.500. The average Bonchev–Trinajstić information content (AvgIpc) is 3.80. The first kappa shape index (κ1) is 20.3. The maximum Gasteiger partial charge on any atom is 0.163 e. The van der Waals surface area contributed by atoms with Crippen molar-refractivity contribution in [3.63, 3.8) is 0 Å². The van der Waals surface area contributed by atoms with E-state index in [4.69, 9.17) is 15.1 Å². The number of hydrogen-bond donors (Lipinski definition) is 3. The highest BCUT2D eigenvalue weighted by molar-refractivity contribution is 5.61. The van der Waals surface area contributed by atoms with Crippen molar-refractivity contribution < 1.29 is 0 Å². The molecule has 0 atom stereocenters. The first-order valence-electron chi connectivity index (χ1n) is 12.9. The third kappa shape index (κ3) is 3.90. The number of imidazole rings is 1. The van der Waals surface area contributed by atoms with Crippen LogP contribution >= 0.6 is 0 Å². The number of fused-ring (bicyclic) bond motifs is 2. The van der Waals surface area contributed by atoms with E-state index in [0.29, 0.717) is 24.3 Å². The molecule has 8 heteroatoms. The SMILES string of the molecule is c1cc(C2CC2)n2cc(CNc3cc(NCC4CCNCC4)nc4c(C5CC5)cnn34)nc2c1. The summed E-state index contributed by atoms with van der Waals surface area (Å²) >= 11 is 0. The largest absolute Gasteiger partial charge is 0.370 e. The van der Waals surface area contributed by atoms with Gasteiger partial charge in [0.2, 0.25) is 0 Å². The second kappa shape index (κ2) is 8.27. The van der Waals surface area contributed by atoms with Crippen LogP contribution in [0.15, 0.2) is 36.7 Å². The molecule has 0 radical (unpaired) electrons. The molecule has 3 fully saturated rings. The Morgan fingerprint density at radius 1 is 0.971 bits per heavy atom.